The van der Waals surface area contributed by atoms with Crippen LogP contribution in [-0.4, -0.2) is 30.1 Å². The highest BCUT2D eigenvalue weighted by atomic mass is 32.2. The van der Waals surface area contributed by atoms with Crippen LogP contribution in [0, 0.1) is 5.92 Å². The van der Waals surface area contributed by atoms with Crippen LogP contribution in [0.25, 0.3) is 0 Å². The lowest BCUT2D eigenvalue weighted by Gasteiger charge is -2.04. The van der Waals surface area contributed by atoms with Crippen molar-refractivity contribution in [2.75, 3.05) is 0 Å². The number of rotatable bonds is 8. The number of nitrogens with one attached hydrogen (secondary N) is 1. The monoisotopic (exact) mass is 314 g/mol. The molecule has 6 nitrogen and oxygen atoms in total. The average molecular weight is 314 g/mol. The van der Waals surface area contributed by atoms with E-state index in [4.69, 9.17) is 5.11 Å². The first-order valence-corrected chi connectivity index (χ1v) is 8.83. The van der Waals surface area contributed by atoms with E-state index in [0.717, 1.165) is 25.7 Å². The predicted octanol–water partition coefficient (Wildman–Crippen LogP) is 2.06. The molecule has 0 saturated heterocycles. The maximum Gasteiger partial charge on any atom is 0.352 e. The topological polar surface area (TPSA) is 88.4 Å². The van der Waals surface area contributed by atoms with Gasteiger partial charge in [0.05, 0.1) is 0 Å². The van der Waals surface area contributed by atoms with Crippen LogP contribution in [-0.2, 0) is 16.6 Å². The second kappa shape index (κ2) is 6.19. The summed E-state index contributed by atoms with van der Waals surface area (Å²) < 4.78 is 28.8. The maximum absolute atomic E-state index is 12.3. The third-order valence-corrected chi connectivity index (χ3v) is 5.21. The van der Waals surface area contributed by atoms with Crippen LogP contribution in [0.2, 0.25) is 0 Å². The third-order valence-electron chi connectivity index (χ3n) is 3.75. The minimum absolute atomic E-state index is 0.00208. The molecule has 1 fully saturated rings. The van der Waals surface area contributed by atoms with E-state index in [1.165, 1.54) is 16.8 Å². The normalized spacial score (nSPS) is 21.4. The number of nitrogens with zero attached hydrogens (tertiary/aromatic N) is 1. The van der Waals surface area contributed by atoms with Gasteiger partial charge in [0.2, 0.25) is 10.0 Å². The van der Waals surface area contributed by atoms with Crippen LogP contribution in [0.1, 0.15) is 50.0 Å². The molecule has 21 heavy (non-hydrogen) atoms. The summed E-state index contributed by atoms with van der Waals surface area (Å²) in [6, 6.07) is 1.23. The van der Waals surface area contributed by atoms with Gasteiger partial charge in [0.25, 0.3) is 0 Å². The molecule has 2 N–H and O–H groups in total. The zero-order chi connectivity index (χ0) is 15.6. The van der Waals surface area contributed by atoms with Crippen LogP contribution >= 0.6 is 0 Å². The molecule has 0 radical (unpaired) electrons. The molecule has 0 amide bonds. The molecule has 2 atom stereocenters. The molecule has 7 heteroatoms. The molecule has 0 aromatic carbocycles. The molecule has 0 bridgehead atoms. The number of aryl methyl sites for hydroxylation is 1. The molecule has 1 aliphatic carbocycles. The van der Waals surface area contributed by atoms with Gasteiger partial charge in [0.15, 0.2) is 0 Å². The van der Waals surface area contributed by atoms with Gasteiger partial charge in [-0.2, -0.15) is 0 Å². The van der Waals surface area contributed by atoms with E-state index < -0.39 is 16.0 Å². The van der Waals surface area contributed by atoms with E-state index >= 15 is 0 Å². The highest BCUT2D eigenvalue weighted by Crippen LogP contribution is 2.35. The summed E-state index contributed by atoms with van der Waals surface area (Å²) >= 11 is 0. The van der Waals surface area contributed by atoms with Crippen LogP contribution in [0.4, 0.5) is 0 Å². The van der Waals surface area contributed by atoms with Crippen molar-refractivity contribution in [3.8, 4) is 0 Å². The fraction of sp³-hybridized carbons (Fsp3) is 0.643. The number of hydrogen-bond acceptors (Lipinski definition) is 3. The van der Waals surface area contributed by atoms with E-state index in [9.17, 15) is 13.2 Å². The molecular weight excluding hydrogens is 292 g/mol. The smallest absolute Gasteiger partial charge is 0.352 e. The van der Waals surface area contributed by atoms with Crippen molar-refractivity contribution in [1.82, 2.24) is 9.29 Å². The predicted molar refractivity (Wildman–Crippen MR) is 78.8 cm³/mol. The van der Waals surface area contributed by atoms with Crippen molar-refractivity contribution >= 4 is 16.0 Å². The summed E-state index contributed by atoms with van der Waals surface area (Å²) in [5.74, 6) is -0.693. The lowest BCUT2D eigenvalue weighted by molar-refractivity contribution is 0.0685. The number of carbonyl (C=O) groups is 1. The molecule has 2 rings (SSSR count). The van der Waals surface area contributed by atoms with Gasteiger partial charge in [0, 0.05) is 18.8 Å². The first kappa shape index (κ1) is 16.0. The summed E-state index contributed by atoms with van der Waals surface area (Å²) in [6.07, 6.45) is 5.08. The second-order valence-corrected chi connectivity index (χ2v) is 7.29. The van der Waals surface area contributed by atoms with Gasteiger partial charge in [-0.1, -0.05) is 20.3 Å². The van der Waals surface area contributed by atoms with Gasteiger partial charge in [-0.15, -0.1) is 0 Å². The number of aromatic nitrogens is 1. The first-order chi connectivity index (χ1) is 9.89. The standard InChI is InChI=1S/C14H22N2O4S/c1-3-5-10-7-12(10)15-21(19,20)11-8-13(14(17)18)16(9-11)6-4-2/h8-10,12,15H,3-7H2,1-2H3,(H,17,18). The molecule has 118 valence electrons. The summed E-state index contributed by atoms with van der Waals surface area (Å²) in [6.45, 7) is 4.48. The van der Waals surface area contributed by atoms with Crippen molar-refractivity contribution in [2.24, 2.45) is 5.92 Å². The van der Waals surface area contributed by atoms with Crippen LogP contribution in [0.3, 0.4) is 0 Å². The first-order valence-electron chi connectivity index (χ1n) is 7.34. The molecule has 1 aromatic rings. The molecule has 0 aliphatic heterocycles. The van der Waals surface area contributed by atoms with E-state index in [1.54, 1.807) is 0 Å². The summed E-state index contributed by atoms with van der Waals surface area (Å²) in [7, 11) is -3.64. The fourth-order valence-corrected chi connectivity index (χ4v) is 3.94. The Balaban J connectivity index is 2.16. The Morgan fingerprint density at radius 3 is 2.71 bits per heavy atom. The van der Waals surface area contributed by atoms with Gasteiger partial charge in [0.1, 0.15) is 10.6 Å². The van der Waals surface area contributed by atoms with Gasteiger partial charge in [-0.3, -0.25) is 0 Å². The largest absolute Gasteiger partial charge is 0.477 e. The number of carboxylic acids is 1. The molecule has 1 heterocycles. The Hall–Kier alpha value is -1.34. The fourth-order valence-electron chi connectivity index (χ4n) is 2.58. The van der Waals surface area contributed by atoms with Crippen molar-refractivity contribution < 1.29 is 18.3 Å². The number of aromatic carboxylic acids is 1. The van der Waals surface area contributed by atoms with Crippen LogP contribution < -0.4 is 4.72 Å². The van der Waals surface area contributed by atoms with Crippen molar-refractivity contribution in [2.45, 2.75) is 57.0 Å². The Labute approximate surface area is 125 Å². The van der Waals surface area contributed by atoms with E-state index in [-0.39, 0.29) is 16.6 Å². The van der Waals surface area contributed by atoms with Gasteiger partial charge < -0.3 is 9.67 Å². The molecular formula is C14H22N2O4S. The van der Waals surface area contributed by atoms with E-state index in [2.05, 4.69) is 11.6 Å². The highest BCUT2D eigenvalue weighted by molar-refractivity contribution is 7.89. The molecule has 1 saturated carbocycles. The van der Waals surface area contributed by atoms with Crippen molar-refractivity contribution in [3.05, 3.63) is 18.0 Å². The van der Waals surface area contributed by atoms with Gasteiger partial charge in [-0.25, -0.2) is 17.9 Å². The van der Waals surface area contributed by atoms with E-state index in [1.807, 2.05) is 6.92 Å². The highest BCUT2D eigenvalue weighted by Gasteiger charge is 2.39. The van der Waals surface area contributed by atoms with Crippen LogP contribution in [0.15, 0.2) is 17.2 Å². The SMILES string of the molecule is CCCC1CC1NS(=O)(=O)c1cc(C(=O)O)n(CCC)c1. The minimum atomic E-state index is -3.64. The Morgan fingerprint density at radius 1 is 1.43 bits per heavy atom. The summed E-state index contributed by atoms with van der Waals surface area (Å²) in [5, 5.41) is 9.14. The Kier molecular flexibility index (Phi) is 4.73. The molecule has 1 aromatic heterocycles. The average Bonchev–Trinajstić information content (AvgIpc) is 2.95. The number of sulfonamides is 1. The zero-order valence-corrected chi connectivity index (χ0v) is 13.2. The lowest BCUT2D eigenvalue weighted by Crippen LogP contribution is -2.26. The van der Waals surface area contributed by atoms with Crippen molar-refractivity contribution in [1.29, 1.82) is 0 Å². The number of hydrogen-bond donors (Lipinski definition) is 2. The third kappa shape index (κ3) is 3.65. The van der Waals surface area contributed by atoms with Crippen LogP contribution in [0.5, 0.6) is 0 Å². The summed E-state index contributed by atoms with van der Waals surface area (Å²) in [5.41, 5.74) is 0.0122. The van der Waals surface area contributed by atoms with Crippen molar-refractivity contribution in [3.63, 3.8) is 0 Å². The molecule has 2 unspecified atom stereocenters. The second-order valence-electron chi connectivity index (χ2n) is 5.57. The lowest BCUT2D eigenvalue weighted by atomic mass is 10.2. The number of carboxylic acid groups (broad SMARTS) is 1. The molecule has 0 spiro atoms. The summed E-state index contributed by atoms with van der Waals surface area (Å²) in [4.78, 5) is 11.2. The minimum Gasteiger partial charge on any atom is -0.477 e. The van der Waals surface area contributed by atoms with E-state index in [0.29, 0.717) is 12.5 Å². The van der Waals surface area contributed by atoms with Gasteiger partial charge >= 0.3 is 5.97 Å². The molecule has 1 aliphatic rings. The van der Waals surface area contributed by atoms with Gasteiger partial charge in [-0.05, 0) is 31.2 Å². The maximum atomic E-state index is 12.3. The zero-order valence-electron chi connectivity index (χ0n) is 12.4. The Bertz CT molecular complexity index is 621. The quantitative estimate of drug-likeness (QED) is 0.769. The Morgan fingerprint density at radius 2 is 2.14 bits per heavy atom.